The molecule has 2 N–H and O–H groups in total. The van der Waals surface area contributed by atoms with Gasteiger partial charge < -0.3 is 5.73 Å². The predicted molar refractivity (Wildman–Crippen MR) is 70.2 cm³/mol. The number of hydrogen-bond donors (Lipinski definition) is 1. The van der Waals surface area contributed by atoms with Gasteiger partial charge in [0.2, 0.25) is 0 Å². The number of halogens is 1. The molecule has 1 aromatic heterocycles. The van der Waals surface area contributed by atoms with Crippen LogP contribution in [0.4, 0.5) is 5.82 Å². The fourth-order valence-corrected chi connectivity index (χ4v) is 2.12. The molecule has 0 aliphatic rings. The molecule has 82 valence electrons. The zero-order chi connectivity index (χ0) is 11.4. The summed E-state index contributed by atoms with van der Waals surface area (Å²) in [5.74, 6) is 0.634. The van der Waals surface area contributed by atoms with Gasteiger partial charge >= 0.3 is 0 Å². The molecule has 1 heterocycles. The van der Waals surface area contributed by atoms with Gasteiger partial charge in [0.1, 0.15) is 5.82 Å². The highest BCUT2D eigenvalue weighted by Gasteiger charge is 2.02. The van der Waals surface area contributed by atoms with E-state index in [1.165, 1.54) is 5.56 Å². The quantitative estimate of drug-likeness (QED) is 0.935. The first-order chi connectivity index (χ1) is 7.77. The third kappa shape index (κ3) is 2.61. The lowest BCUT2D eigenvalue weighted by Gasteiger charge is -2.06. The zero-order valence-corrected chi connectivity index (χ0v) is 10.4. The lowest BCUT2D eigenvalue weighted by molar-refractivity contribution is 0.949. The molecule has 0 aliphatic heterocycles. The molecule has 16 heavy (non-hydrogen) atoms. The molecular weight excluding hydrogens is 264 g/mol. The Labute approximate surface area is 104 Å². The average molecular weight is 277 g/mol. The largest absolute Gasteiger partial charge is 0.383 e. The van der Waals surface area contributed by atoms with Crippen molar-refractivity contribution in [2.45, 2.75) is 12.8 Å². The summed E-state index contributed by atoms with van der Waals surface area (Å²) >= 11 is 3.54. The van der Waals surface area contributed by atoms with Crippen LogP contribution in [0.5, 0.6) is 0 Å². The van der Waals surface area contributed by atoms with Gasteiger partial charge in [-0.1, -0.05) is 40.2 Å². The highest BCUT2D eigenvalue weighted by molar-refractivity contribution is 9.10. The van der Waals surface area contributed by atoms with E-state index in [0.717, 1.165) is 22.9 Å². The topological polar surface area (TPSA) is 38.9 Å². The van der Waals surface area contributed by atoms with Gasteiger partial charge in [-0.25, -0.2) is 4.98 Å². The van der Waals surface area contributed by atoms with Gasteiger partial charge in [0, 0.05) is 10.7 Å². The second-order valence-electron chi connectivity index (χ2n) is 3.64. The van der Waals surface area contributed by atoms with E-state index < -0.39 is 0 Å². The third-order valence-electron chi connectivity index (χ3n) is 2.55. The number of benzene rings is 1. The minimum Gasteiger partial charge on any atom is -0.383 e. The van der Waals surface area contributed by atoms with Crippen molar-refractivity contribution in [2.75, 3.05) is 5.73 Å². The van der Waals surface area contributed by atoms with Crippen molar-refractivity contribution in [2.24, 2.45) is 0 Å². The van der Waals surface area contributed by atoms with Crippen molar-refractivity contribution >= 4 is 21.7 Å². The number of nitrogens with zero attached hydrogens (tertiary/aromatic N) is 1. The van der Waals surface area contributed by atoms with Gasteiger partial charge in [-0.05, 0) is 36.1 Å². The third-order valence-corrected chi connectivity index (χ3v) is 3.32. The fraction of sp³-hybridized carbons (Fsp3) is 0.154. The van der Waals surface area contributed by atoms with Crippen LogP contribution in [-0.2, 0) is 12.8 Å². The molecule has 2 rings (SSSR count). The maximum atomic E-state index is 5.80. The Morgan fingerprint density at radius 1 is 1.00 bits per heavy atom. The van der Waals surface area contributed by atoms with E-state index in [1.807, 2.05) is 24.3 Å². The second-order valence-corrected chi connectivity index (χ2v) is 4.49. The van der Waals surface area contributed by atoms with Crippen LogP contribution in [0.15, 0.2) is 47.1 Å². The minimum atomic E-state index is 0.634. The summed E-state index contributed by atoms with van der Waals surface area (Å²) in [6.07, 6.45) is 3.61. The lowest BCUT2D eigenvalue weighted by atomic mass is 10.1. The van der Waals surface area contributed by atoms with Crippen molar-refractivity contribution in [3.8, 4) is 0 Å². The zero-order valence-electron chi connectivity index (χ0n) is 8.86. The lowest BCUT2D eigenvalue weighted by Crippen LogP contribution is -1.99. The number of anilines is 1. The summed E-state index contributed by atoms with van der Waals surface area (Å²) in [6, 6.07) is 12.2. The van der Waals surface area contributed by atoms with E-state index in [1.54, 1.807) is 6.20 Å². The van der Waals surface area contributed by atoms with Gasteiger partial charge in [0.05, 0.1) is 0 Å². The number of aromatic nitrogens is 1. The molecule has 0 atom stereocenters. The fourth-order valence-electron chi connectivity index (χ4n) is 1.63. The first kappa shape index (κ1) is 11.1. The van der Waals surface area contributed by atoms with E-state index in [2.05, 4.69) is 33.0 Å². The predicted octanol–water partition coefficient (Wildman–Crippen LogP) is 3.21. The summed E-state index contributed by atoms with van der Waals surface area (Å²) in [5.41, 5.74) is 8.21. The highest BCUT2D eigenvalue weighted by Crippen LogP contribution is 2.19. The van der Waals surface area contributed by atoms with Crippen molar-refractivity contribution < 1.29 is 0 Å². The number of nitrogens with two attached hydrogens (primary N) is 1. The van der Waals surface area contributed by atoms with Crippen molar-refractivity contribution in [3.05, 3.63) is 58.2 Å². The highest BCUT2D eigenvalue weighted by atomic mass is 79.9. The molecule has 0 saturated carbocycles. The van der Waals surface area contributed by atoms with Crippen LogP contribution >= 0.6 is 15.9 Å². The Kier molecular flexibility index (Phi) is 3.57. The van der Waals surface area contributed by atoms with Gasteiger partial charge in [-0.3, -0.25) is 0 Å². The number of rotatable bonds is 3. The van der Waals surface area contributed by atoms with Gasteiger partial charge in [-0.15, -0.1) is 0 Å². The molecular formula is C13H13BrN2. The molecule has 0 bridgehead atoms. The van der Waals surface area contributed by atoms with E-state index in [0.29, 0.717) is 5.82 Å². The molecule has 0 fully saturated rings. The molecule has 0 saturated heterocycles. The second kappa shape index (κ2) is 5.12. The molecule has 0 aliphatic carbocycles. The Bertz CT molecular complexity index is 437. The first-order valence-corrected chi connectivity index (χ1v) is 5.99. The van der Waals surface area contributed by atoms with Crippen molar-refractivity contribution in [1.82, 2.24) is 4.98 Å². The molecule has 2 aromatic rings. The average Bonchev–Trinajstić information content (AvgIpc) is 2.30. The van der Waals surface area contributed by atoms with Gasteiger partial charge in [0.25, 0.3) is 0 Å². The molecule has 0 amide bonds. The Morgan fingerprint density at radius 2 is 1.69 bits per heavy atom. The number of aryl methyl sites for hydroxylation is 2. The summed E-state index contributed by atoms with van der Waals surface area (Å²) < 4.78 is 1.15. The van der Waals surface area contributed by atoms with Crippen LogP contribution in [0.2, 0.25) is 0 Å². The van der Waals surface area contributed by atoms with Crippen LogP contribution in [0.1, 0.15) is 11.1 Å². The normalized spacial score (nSPS) is 10.3. The monoisotopic (exact) mass is 276 g/mol. The maximum Gasteiger partial charge on any atom is 0.126 e. The van der Waals surface area contributed by atoms with E-state index >= 15 is 0 Å². The summed E-state index contributed by atoms with van der Waals surface area (Å²) in [4.78, 5) is 4.08. The standard InChI is InChI=1S/C13H13BrN2/c14-12-6-2-1-4-10(12)7-8-11-5-3-9-16-13(11)15/h1-6,9H,7-8H2,(H2,15,16). The number of hydrogen-bond acceptors (Lipinski definition) is 2. The number of nitrogen functional groups attached to an aromatic ring is 1. The minimum absolute atomic E-state index is 0.634. The van der Waals surface area contributed by atoms with Crippen molar-refractivity contribution in [3.63, 3.8) is 0 Å². The smallest absolute Gasteiger partial charge is 0.126 e. The van der Waals surface area contributed by atoms with Crippen LogP contribution in [0, 0.1) is 0 Å². The Morgan fingerprint density at radius 3 is 2.44 bits per heavy atom. The molecule has 1 aromatic carbocycles. The molecule has 2 nitrogen and oxygen atoms in total. The molecule has 0 spiro atoms. The van der Waals surface area contributed by atoms with E-state index in [4.69, 9.17) is 5.73 Å². The molecule has 0 unspecified atom stereocenters. The van der Waals surface area contributed by atoms with Crippen LogP contribution in [0.3, 0.4) is 0 Å². The van der Waals surface area contributed by atoms with Gasteiger partial charge in [-0.2, -0.15) is 0 Å². The summed E-state index contributed by atoms with van der Waals surface area (Å²) in [7, 11) is 0. The number of pyridine rings is 1. The summed E-state index contributed by atoms with van der Waals surface area (Å²) in [5, 5.41) is 0. The Balaban J connectivity index is 2.09. The maximum absolute atomic E-state index is 5.80. The van der Waals surface area contributed by atoms with Crippen LogP contribution in [-0.4, -0.2) is 4.98 Å². The summed E-state index contributed by atoms with van der Waals surface area (Å²) in [6.45, 7) is 0. The molecule has 0 radical (unpaired) electrons. The van der Waals surface area contributed by atoms with E-state index in [-0.39, 0.29) is 0 Å². The van der Waals surface area contributed by atoms with Crippen molar-refractivity contribution in [1.29, 1.82) is 0 Å². The van der Waals surface area contributed by atoms with Gasteiger partial charge in [0.15, 0.2) is 0 Å². The SMILES string of the molecule is Nc1ncccc1CCc1ccccc1Br. The van der Waals surface area contributed by atoms with Crippen LogP contribution < -0.4 is 5.73 Å². The Hall–Kier alpha value is -1.35. The molecule has 3 heteroatoms. The van der Waals surface area contributed by atoms with E-state index in [9.17, 15) is 0 Å². The first-order valence-electron chi connectivity index (χ1n) is 5.20. The van der Waals surface area contributed by atoms with Crippen LogP contribution in [0.25, 0.3) is 0 Å².